The molecular formula is C13H11N3O4S. The van der Waals surface area contributed by atoms with Crippen LogP contribution in [-0.4, -0.2) is 17.3 Å². The van der Waals surface area contributed by atoms with Gasteiger partial charge < -0.3 is 14.9 Å². The first-order valence-corrected chi connectivity index (χ1v) is 6.20. The number of benzene rings is 1. The van der Waals surface area contributed by atoms with Crippen LogP contribution in [0.1, 0.15) is 12.5 Å². The summed E-state index contributed by atoms with van der Waals surface area (Å²) in [6, 6.07) is 4.49. The van der Waals surface area contributed by atoms with E-state index in [4.69, 9.17) is 14.9 Å². The maximum absolute atomic E-state index is 12.2. The van der Waals surface area contributed by atoms with Crippen LogP contribution in [0.5, 0.6) is 5.75 Å². The van der Waals surface area contributed by atoms with Crippen LogP contribution in [0.2, 0.25) is 0 Å². The zero-order valence-electron chi connectivity index (χ0n) is 11.0. The highest BCUT2D eigenvalue weighted by molar-refractivity contribution is 7.80. The zero-order chi connectivity index (χ0) is 15.4. The molecule has 0 aliphatic carbocycles. The van der Waals surface area contributed by atoms with Gasteiger partial charge in [0.15, 0.2) is 5.11 Å². The Morgan fingerprint density at radius 1 is 1.52 bits per heavy atom. The SMILES string of the molecule is CC(=O)Oc1ccc2c(=O)c(/C=N/NC(N)=S)coc2c1. The van der Waals surface area contributed by atoms with Gasteiger partial charge in [-0.05, 0) is 24.4 Å². The van der Waals surface area contributed by atoms with Gasteiger partial charge in [0.1, 0.15) is 17.6 Å². The van der Waals surface area contributed by atoms with Crippen molar-refractivity contribution in [3.63, 3.8) is 0 Å². The average Bonchev–Trinajstić information content (AvgIpc) is 2.40. The number of thiocarbonyl (C=S) groups is 1. The summed E-state index contributed by atoms with van der Waals surface area (Å²) in [6.45, 7) is 1.29. The van der Waals surface area contributed by atoms with Crippen LogP contribution < -0.4 is 21.3 Å². The number of carbonyl (C=O) groups excluding carboxylic acids is 1. The average molecular weight is 305 g/mol. The Bertz CT molecular complexity index is 798. The topological polar surface area (TPSA) is 107 Å². The van der Waals surface area contributed by atoms with E-state index in [2.05, 4.69) is 22.7 Å². The molecular weight excluding hydrogens is 294 g/mol. The molecule has 2 rings (SSSR count). The molecule has 7 nitrogen and oxygen atoms in total. The largest absolute Gasteiger partial charge is 0.463 e. The summed E-state index contributed by atoms with van der Waals surface area (Å²) in [5, 5.41) is 4.02. The number of nitrogens with one attached hydrogen (secondary N) is 1. The van der Waals surface area contributed by atoms with Gasteiger partial charge in [0.25, 0.3) is 0 Å². The maximum Gasteiger partial charge on any atom is 0.308 e. The van der Waals surface area contributed by atoms with Crippen molar-refractivity contribution < 1.29 is 13.9 Å². The Hall–Kier alpha value is -2.74. The lowest BCUT2D eigenvalue weighted by Crippen LogP contribution is -2.24. The van der Waals surface area contributed by atoms with E-state index in [9.17, 15) is 9.59 Å². The number of esters is 1. The highest BCUT2D eigenvalue weighted by Crippen LogP contribution is 2.19. The zero-order valence-corrected chi connectivity index (χ0v) is 11.8. The summed E-state index contributed by atoms with van der Waals surface area (Å²) in [7, 11) is 0. The van der Waals surface area contributed by atoms with E-state index in [1.54, 1.807) is 0 Å². The molecule has 0 bridgehead atoms. The number of nitrogens with zero attached hydrogens (tertiary/aromatic N) is 1. The van der Waals surface area contributed by atoms with Crippen LogP contribution in [-0.2, 0) is 4.79 Å². The molecule has 108 valence electrons. The molecule has 0 fully saturated rings. The lowest BCUT2D eigenvalue weighted by Gasteiger charge is -2.03. The van der Waals surface area contributed by atoms with Crippen molar-refractivity contribution in [1.29, 1.82) is 0 Å². The molecule has 3 N–H and O–H groups in total. The van der Waals surface area contributed by atoms with Crippen molar-refractivity contribution in [2.24, 2.45) is 10.8 Å². The van der Waals surface area contributed by atoms with E-state index in [0.717, 1.165) is 0 Å². The van der Waals surface area contributed by atoms with E-state index in [1.807, 2.05) is 0 Å². The van der Waals surface area contributed by atoms with Crippen molar-refractivity contribution in [3.05, 3.63) is 40.2 Å². The van der Waals surface area contributed by atoms with Crippen LogP contribution >= 0.6 is 12.2 Å². The second-order valence-electron chi connectivity index (χ2n) is 4.01. The van der Waals surface area contributed by atoms with E-state index < -0.39 is 5.97 Å². The Kier molecular flexibility index (Phi) is 4.29. The summed E-state index contributed by atoms with van der Waals surface area (Å²) in [6.07, 6.45) is 2.50. The Morgan fingerprint density at radius 2 is 2.29 bits per heavy atom. The molecule has 0 aliphatic heterocycles. The number of hydrazone groups is 1. The molecule has 0 atom stereocenters. The number of fused-ring (bicyclic) bond motifs is 1. The summed E-state index contributed by atoms with van der Waals surface area (Å²) in [5.41, 5.74) is 7.80. The maximum atomic E-state index is 12.2. The molecule has 0 unspecified atom stereocenters. The summed E-state index contributed by atoms with van der Waals surface area (Å²) in [5.74, 6) is -0.154. The Labute approximate surface area is 124 Å². The molecule has 0 saturated heterocycles. The van der Waals surface area contributed by atoms with E-state index in [1.165, 1.54) is 37.6 Å². The van der Waals surface area contributed by atoms with Gasteiger partial charge in [0.2, 0.25) is 5.43 Å². The van der Waals surface area contributed by atoms with E-state index in [0.29, 0.717) is 16.7 Å². The predicted octanol–water partition coefficient (Wildman–Crippen LogP) is 0.885. The van der Waals surface area contributed by atoms with Crippen molar-refractivity contribution in [2.75, 3.05) is 0 Å². The lowest BCUT2D eigenvalue weighted by atomic mass is 10.2. The van der Waals surface area contributed by atoms with Crippen molar-refractivity contribution in [1.82, 2.24) is 5.43 Å². The second kappa shape index (κ2) is 6.14. The first-order valence-electron chi connectivity index (χ1n) is 5.80. The minimum absolute atomic E-state index is 0.0116. The lowest BCUT2D eigenvalue weighted by molar-refractivity contribution is -0.131. The summed E-state index contributed by atoms with van der Waals surface area (Å²) in [4.78, 5) is 23.1. The molecule has 0 amide bonds. The van der Waals surface area contributed by atoms with Gasteiger partial charge in [0, 0.05) is 13.0 Å². The molecule has 0 aliphatic rings. The van der Waals surface area contributed by atoms with Crippen LogP contribution in [0.4, 0.5) is 0 Å². The van der Waals surface area contributed by atoms with E-state index in [-0.39, 0.29) is 16.1 Å². The molecule has 1 heterocycles. The minimum Gasteiger partial charge on any atom is -0.463 e. The Morgan fingerprint density at radius 3 is 2.95 bits per heavy atom. The van der Waals surface area contributed by atoms with Gasteiger partial charge in [-0.2, -0.15) is 5.10 Å². The predicted molar refractivity (Wildman–Crippen MR) is 81.3 cm³/mol. The van der Waals surface area contributed by atoms with E-state index >= 15 is 0 Å². The third kappa shape index (κ3) is 3.63. The van der Waals surface area contributed by atoms with Crippen molar-refractivity contribution in [3.8, 4) is 5.75 Å². The minimum atomic E-state index is -0.454. The quantitative estimate of drug-likeness (QED) is 0.285. The molecule has 0 spiro atoms. The van der Waals surface area contributed by atoms with Crippen LogP contribution in [0.25, 0.3) is 11.0 Å². The second-order valence-corrected chi connectivity index (χ2v) is 4.45. The van der Waals surface area contributed by atoms with Gasteiger partial charge in [0.05, 0.1) is 17.2 Å². The molecule has 8 heteroatoms. The van der Waals surface area contributed by atoms with Crippen molar-refractivity contribution in [2.45, 2.75) is 6.92 Å². The fraction of sp³-hybridized carbons (Fsp3) is 0.0769. The van der Waals surface area contributed by atoms with Gasteiger partial charge in [-0.1, -0.05) is 0 Å². The molecule has 1 aromatic heterocycles. The highest BCUT2D eigenvalue weighted by atomic mass is 32.1. The number of carbonyl (C=O) groups is 1. The Balaban J connectivity index is 2.39. The summed E-state index contributed by atoms with van der Waals surface area (Å²) < 4.78 is 10.2. The number of rotatable bonds is 3. The molecule has 2 aromatic rings. The molecule has 0 saturated carbocycles. The van der Waals surface area contributed by atoms with Crippen LogP contribution in [0, 0.1) is 0 Å². The molecule has 0 radical (unpaired) electrons. The number of hydrogen-bond donors (Lipinski definition) is 2. The fourth-order valence-electron chi connectivity index (χ4n) is 1.61. The fourth-order valence-corrected chi connectivity index (χ4v) is 1.66. The van der Waals surface area contributed by atoms with Gasteiger partial charge in [-0.25, -0.2) is 0 Å². The van der Waals surface area contributed by atoms with Crippen LogP contribution in [0.3, 0.4) is 0 Å². The van der Waals surface area contributed by atoms with Gasteiger partial charge in [-0.15, -0.1) is 0 Å². The van der Waals surface area contributed by atoms with Crippen LogP contribution in [0.15, 0.2) is 38.8 Å². The summed E-state index contributed by atoms with van der Waals surface area (Å²) >= 11 is 4.58. The van der Waals surface area contributed by atoms with Gasteiger partial charge in [-0.3, -0.25) is 15.0 Å². The standard InChI is InChI=1S/C13H11N3O4S/c1-7(17)20-9-2-3-10-11(4-9)19-6-8(12(10)18)5-15-16-13(14)21/h2-6H,1H3,(H3,14,16,21)/b15-5+. The first-order chi connectivity index (χ1) is 9.97. The molecule has 21 heavy (non-hydrogen) atoms. The third-order valence-electron chi connectivity index (χ3n) is 2.41. The molecule has 1 aromatic carbocycles. The van der Waals surface area contributed by atoms with Gasteiger partial charge >= 0.3 is 5.97 Å². The monoisotopic (exact) mass is 305 g/mol. The van der Waals surface area contributed by atoms with Crippen molar-refractivity contribution >= 4 is 40.5 Å². The number of nitrogens with two attached hydrogens (primary N) is 1. The third-order valence-corrected chi connectivity index (χ3v) is 2.50. The number of ether oxygens (including phenoxy) is 1. The smallest absolute Gasteiger partial charge is 0.308 e. The number of hydrogen-bond acceptors (Lipinski definition) is 6. The first kappa shape index (κ1) is 14.7. The highest BCUT2D eigenvalue weighted by Gasteiger charge is 2.07. The normalized spacial score (nSPS) is 10.7.